The summed E-state index contributed by atoms with van der Waals surface area (Å²) < 4.78 is 5.75. The molecule has 1 unspecified atom stereocenters. The number of benzene rings is 1. The van der Waals surface area contributed by atoms with Crippen molar-refractivity contribution in [3.8, 4) is 0 Å². The Kier molecular flexibility index (Phi) is 4.50. The van der Waals surface area contributed by atoms with Gasteiger partial charge < -0.3 is 10.5 Å². The van der Waals surface area contributed by atoms with Crippen LogP contribution in [0.4, 0.5) is 0 Å². The van der Waals surface area contributed by atoms with Gasteiger partial charge in [0.05, 0.1) is 18.5 Å². The molecule has 1 aromatic heterocycles. The van der Waals surface area contributed by atoms with Gasteiger partial charge in [0.2, 0.25) is 0 Å². The molecule has 0 fully saturated rings. The highest BCUT2D eigenvalue weighted by molar-refractivity contribution is 9.10. The molecule has 4 nitrogen and oxygen atoms in total. The fourth-order valence-electron chi connectivity index (χ4n) is 2.06. The van der Waals surface area contributed by atoms with E-state index >= 15 is 0 Å². The number of carbonyl (C=O) groups is 1. The first kappa shape index (κ1) is 14.0. The second-order valence-corrected chi connectivity index (χ2v) is 5.12. The number of methoxy groups -OCH3 is 1. The normalized spacial score (nSPS) is 12.4. The van der Waals surface area contributed by atoms with Gasteiger partial charge in [0, 0.05) is 22.6 Å². The number of pyridine rings is 1. The Hall–Kier alpha value is -1.46. The molecule has 100 valence electrons. The number of hydrogen-bond donors (Lipinski definition) is 1. The Morgan fingerprint density at radius 1 is 1.47 bits per heavy atom. The second-order valence-electron chi connectivity index (χ2n) is 4.27. The van der Waals surface area contributed by atoms with Crippen LogP contribution in [0.15, 0.2) is 34.9 Å². The summed E-state index contributed by atoms with van der Waals surface area (Å²) in [7, 11) is 1.38. The van der Waals surface area contributed by atoms with Crippen LogP contribution in [-0.2, 0) is 16.0 Å². The van der Waals surface area contributed by atoms with E-state index in [0.29, 0.717) is 6.42 Å². The van der Waals surface area contributed by atoms with Crippen LogP contribution < -0.4 is 5.73 Å². The Morgan fingerprint density at radius 2 is 2.26 bits per heavy atom. The Morgan fingerprint density at radius 3 is 2.95 bits per heavy atom. The molecular formula is C14H15BrN2O2. The fraction of sp³-hybridized carbons (Fsp3) is 0.286. The van der Waals surface area contributed by atoms with Crippen LogP contribution in [0.25, 0.3) is 10.9 Å². The molecule has 1 heterocycles. The monoisotopic (exact) mass is 322 g/mol. The van der Waals surface area contributed by atoms with Crippen molar-refractivity contribution >= 4 is 32.8 Å². The molecule has 0 aliphatic carbocycles. The Bertz CT molecular complexity index is 601. The van der Waals surface area contributed by atoms with Crippen LogP contribution in [0.2, 0.25) is 0 Å². The third kappa shape index (κ3) is 2.93. The number of halogens is 1. The highest BCUT2D eigenvalue weighted by Crippen LogP contribution is 2.26. The average molecular weight is 323 g/mol. The molecule has 1 atom stereocenters. The van der Waals surface area contributed by atoms with Gasteiger partial charge in [-0.15, -0.1) is 0 Å². The largest absolute Gasteiger partial charge is 0.469 e. The van der Waals surface area contributed by atoms with Crippen molar-refractivity contribution in [2.75, 3.05) is 13.7 Å². The van der Waals surface area contributed by atoms with E-state index in [1.54, 1.807) is 6.20 Å². The third-order valence-corrected chi connectivity index (χ3v) is 3.78. The van der Waals surface area contributed by atoms with Crippen molar-refractivity contribution in [2.45, 2.75) is 6.42 Å². The molecule has 0 spiro atoms. The van der Waals surface area contributed by atoms with Crippen molar-refractivity contribution in [1.82, 2.24) is 4.98 Å². The van der Waals surface area contributed by atoms with E-state index in [0.717, 1.165) is 20.9 Å². The number of carbonyl (C=O) groups excluding carboxylic acids is 1. The van der Waals surface area contributed by atoms with E-state index in [1.807, 2.05) is 24.3 Å². The first-order valence-electron chi connectivity index (χ1n) is 5.97. The van der Waals surface area contributed by atoms with Gasteiger partial charge in [0.15, 0.2) is 0 Å². The Labute approximate surface area is 120 Å². The quantitative estimate of drug-likeness (QED) is 0.877. The van der Waals surface area contributed by atoms with Crippen molar-refractivity contribution in [2.24, 2.45) is 11.7 Å². The zero-order chi connectivity index (χ0) is 13.8. The molecule has 2 N–H and O–H groups in total. The van der Waals surface area contributed by atoms with Crippen LogP contribution in [0.1, 0.15) is 5.56 Å². The summed E-state index contributed by atoms with van der Waals surface area (Å²) in [5, 5.41) is 1.03. The van der Waals surface area contributed by atoms with Crippen molar-refractivity contribution < 1.29 is 9.53 Å². The number of nitrogens with zero attached hydrogens (tertiary/aromatic N) is 1. The van der Waals surface area contributed by atoms with Gasteiger partial charge >= 0.3 is 5.97 Å². The SMILES string of the molecule is COC(=O)C(CN)Cc1ccc(Br)c2cccnc12. The minimum atomic E-state index is -0.337. The van der Waals surface area contributed by atoms with E-state index < -0.39 is 0 Å². The summed E-state index contributed by atoms with van der Waals surface area (Å²) in [6.45, 7) is 0.261. The number of esters is 1. The van der Waals surface area contributed by atoms with Gasteiger partial charge in [-0.2, -0.15) is 0 Å². The maximum absolute atomic E-state index is 11.6. The third-order valence-electron chi connectivity index (χ3n) is 3.09. The van der Waals surface area contributed by atoms with Gasteiger partial charge in [-0.25, -0.2) is 0 Å². The van der Waals surface area contributed by atoms with Crippen molar-refractivity contribution in [1.29, 1.82) is 0 Å². The van der Waals surface area contributed by atoms with E-state index in [2.05, 4.69) is 20.9 Å². The number of hydrogen-bond acceptors (Lipinski definition) is 4. The molecule has 1 aromatic carbocycles. The van der Waals surface area contributed by atoms with Crippen LogP contribution >= 0.6 is 15.9 Å². The summed E-state index contributed by atoms with van der Waals surface area (Å²) in [6.07, 6.45) is 2.28. The topological polar surface area (TPSA) is 65.2 Å². The van der Waals surface area contributed by atoms with E-state index in [9.17, 15) is 4.79 Å². The molecule has 19 heavy (non-hydrogen) atoms. The number of rotatable bonds is 4. The number of nitrogens with two attached hydrogens (primary N) is 1. The predicted molar refractivity (Wildman–Crippen MR) is 77.7 cm³/mol. The molecule has 0 amide bonds. The van der Waals surface area contributed by atoms with Crippen LogP contribution in [0, 0.1) is 5.92 Å². The first-order chi connectivity index (χ1) is 9.17. The predicted octanol–water partition coefficient (Wildman–Crippen LogP) is 2.29. The maximum atomic E-state index is 11.6. The molecule has 0 aliphatic rings. The molecule has 0 radical (unpaired) electrons. The summed E-state index contributed by atoms with van der Waals surface area (Å²) in [5.41, 5.74) is 7.53. The van der Waals surface area contributed by atoms with Gasteiger partial charge in [-0.1, -0.05) is 28.1 Å². The zero-order valence-corrected chi connectivity index (χ0v) is 12.2. The highest BCUT2D eigenvalue weighted by atomic mass is 79.9. The molecule has 0 saturated carbocycles. The minimum absolute atomic E-state index is 0.261. The van der Waals surface area contributed by atoms with Crippen molar-refractivity contribution in [3.63, 3.8) is 0 Å². The van der Waals surface area contributed by atoms with E-state index in [-0.39, 0.29) is 18.4 Å². The van der Waals surface area contributed by atoms with E-state index in [4.69, 9.17) is 10.5 Å². The minimum Gasteiger partial charge on any atom is -0.469 e. The Balaban J connectivity index is 2.40. The lowest BCUT2D eigenvalue weighted by atomic mass is 9.97. The molecule has 2 aromatic rings. The molecule has 5 heteroatoms. The van der Waals surface area contributed by atoms with Gasteiger partial charge in [-0.3, -0.25) is 9.78 Å². The van der Waals surface area contributed by atoms with Crippen LogP contribution in [-0.4, -0.2) is 24.6 Å². The van der Waals surface area contributed by atoms with Crippen LogP contribution in [0.5, 0.6) is 0 Å². The summed E-state index contributed by atoms with van der Waals surface area (Å²) in [6, 6.07) is 7.80. The molecular weight excluding hydrogens is 308 g/mol. The van der Waals surface area contributed by atoms with Crippen molar-refractivity contribution in [3.05, 3.63) is 40.5 Å². The molecule has 0 saturated heterocycles. The number of fused-ring (bicyclic) bond motifs is 1. The number of aromatic nitrogens is 1. The highest BCUT2D eigenvalue weighted by Gasteiger charge is 2.19. The average Bonchev–Trinajstić information content (AvgIpc) is 2.46. The van der Waals surface area contributed by atoms with E-state index in [1.165, 1.54) is 7.11 Å². The number of ether oxygens (including phenoxy) is 1. The fourth-order valence-corrected chi connectivity index (χ4v) is 2.51. The van der Waals surface area contributed by atoms with Gasteiger partial charge in [-0.05, 0) is 24.1 Å². The van der Waals surface area contributed by atoms with Crippen LogP contribution in [0.3, 0.4) is 0 Å². The molecule has 2 rings (SSSR count). The molecule has 0 bridgehead atoms. The summed E-state index contributed by atoms with van der Waals surface area (Å²) >= 11 is 3.50. The lowest BCUT2D eigenvalue weighted by Crippen LogP contribution is -2.26. The smallest absolute Gasteiger partial charge is 0.310 e. The zero-order valence-electron chi connectivity index (χ0n) is 10.6. The molecule has 0 aliphatic heterocycles. The summed E-state index contributed by atoms with van der Waals surface area (Å²) in [4.78, 5) is 16.0. The van der Waals surface area contributed by atoms with Gasteiger partial charge in [0.1, 0.15) is 0 Å². The maximum Gasteiger partial charge on any atom is 0.310 e. The van der Waals surface area contributed by atoms with Gasteiger partial charge in [0.25, 0.3) is 0 Å². The standard InChI is InChI=1S/C14H15BrN2O2/c1-19-14(18)10(8-16)7-9-4-5-12(15)11-3-2-6-17-13(9)11/h2-6,10H,7-8,16H2,1H3. The lowest BCUT2D eigenvalue weighted by Gasteiger charge is -2.14. The first-order valence-corrected chi connectivity index (χ1v) is 6.76. The lowest BCUT2D eigenvalue weighted by molar-refractivity contribution is -0.145. The summed E-state index contributed by atoms with van der Waals surface area (Å²) in [5.74, 6) is -0.620. The second kappa shape index (κ2) is 6.12.